The monoisotopic (exact) mass is 389 g/mol. The Morgan fingerprint density at radius 1 is 1.48 bits per heavy atom. The minimum absolute atomic E-state index is 0. The van der Waals surface area contributed by atoms with Crippen molar-refractivity contribution in [3.8, 4) is 0 Å². The van der Waals surface area contributed by atoms with E-state index in [0.717, 1.165) is 15.0 Å². The highest BCUT2D eigenvalue weighted by Gasteiger charge is 2.15. The Labute approximate surface area is 142 Å². The lowest BCUT2D eigenvalue weighted by molar-refractivity contribution is 0.0935. The molecule has 21 heavy (non-hydrogen) atoms. The van der Waals surface area contributed by atoms with Crippen LogP contribution in [0.15, 0.2) is 34.1 Å². The van der Waals surface area contributed by atoms with E-state index in [2.05, 4.69) is 26.2 Å². The van der Waals surface area contributed by atoms with Gasteiger partial charge in [-0.25, -0.2) is 4.98 Å². The van der Waals surface area contributed by atoms with Gasteiger partial charge in [-0.05, 0) is 25.1 Å². The molecular formula is C14H17BrClN3OS. The quantitative estimate of drug-likeness (QED) is 0.823. The molecule has 0 aliphatic carbocycles. The number of carbonyl (C=O) groups excluding carboxylic acids is 1. The van der Waals surface area contributed by atoms with Crippen LogP contribution in [0, 0.1) is 0 Å². The summed E-state index contributed by atoms with van der Waals surface area (Å²) in [7, 11) is 0. The van der Waals surface area contributed by atoms with Gasteiger partial charge >= 0.3 is 0 Å². The lowest BCUT2D eigenvalue weighted by Gasteiger charge is -2.15. The van der Waals surface area contributed by atoms with Crippen LogP contribution in [-0.2, 0) is 6.42 Å². The Bertz CT molecular complexity index is 605. The molecule has 0 aliphatic rings. The summed E-state index contributed by atoms with van der Waals surface area (Å²) in [5, 5.41) is 5.62. The maximum atomic E-state index is 12.1. The van der Waals surface area contributed by atoms with E-state index in [9.17, 15) is 4.79 Å². The molecule has 2 rings (SSSR count). The van der Waals surface area contributed by atoms with Crippen LogP contribution in [0.25, 0.3) is 0 Å². The lowest BCUT2D eigenvalue weighted by atomic mass is 10.1. The van der Waals surface area contributed by atoms with Crippen molar-refractivity contribution < 1.29 is 4.79 Å². The van der Waals surface area contributed by atoms with Crippen molar-refractivity contribution in [1.29, 1.82) is 0 Å². The molecule has 1 heterocycles. The standard InChI is InChI=1S/C14H16BrN3OS.ClH/c1-9(10-4-2-3-5-11(10)15)17-14(19)12-8-20-13(18-12)6-7-16;/h2-5,8-9H,6-7,16H2,1H3,(H,17,19);1H. The largest absolute Gasteiger partial charge is 0.344 e. The fourth-order valence-electron chi connectivity index (χ4n) is 1.83. The maximum Gasteiger partial charge on any atom is 0.271 e. The van der Waals surface area contributed by atoms with Crippen LogP contribution < -0.4 is 11.1 Å². The molecule has 2 aromatic rings. The van der Waals surface area contributed by atoms with Gasteiger partial charge in [0, 0.05) is 16.3 Å². The summed E-state index contributed by atoms with van der Waals surface area (Å²) in [5.74, 6) is -0.159. The van der Waals surface area contributed by atoms with Crippen molar-refractivity contribution in [2.45, 2.75) is 19.4 Å². The third-order valence-corrected chi connectivity index (χ3v) is 4.49. The molecule has 1 atom stereocenters. The second-order valence-electron chi connectivity index (χ2n) is 4.38. The number of hydrogen-bond donors (Lipinski definition) is 2. The molecule has 0 spiro atoms. The zero-order valence-corrected chi connectivity index (χ0v) is 14.7. The van der Waals surface area contributed by atoms with E-state index in [1.54, 1.807) is 5.38 Å². The first-order valence-electron chi connectivity index (χ1n) is 6.31. The molecule has 1 aromatic carbocycles. The summed E-state index contributed by atoms with van der Waals surface area (Å²) >= 11 is 4.96. The van der Waals surface area contributed by atoms with Crippen molar-refractivity contribution in [2.75, 3.05) is 6.54 Å². The van der Waals surface area contributed by atoms with Gasteiger partial charge < -0.3 is 11.1 Å². The highest BCUT2D eigenvalue weighted by molar-refractivity contribution is 9.10. The minimum atomic E-state index is -0.159. The van der Waals surface area contributed by atoms with E-state index in [1.807, 2.05) is 31.2 Å². The number of halogens is 2. The van der Waals surface area contributed by atoms with Crippen LogP contribution >= 0.6 is 39.7 Å². The molecule has 0 bridgehead atoms. The first kappa shape index (κ1) is 18.1. The highest BCUT2D eigenvalue weighted by Crippen LogP contribution is 2.23. The van der Waals surface area contributed by atoms with Gasteiger partial charge in [-0.15, -0.1) is 23.7 Å². The average Bonchev–Trinajstić information content (AvgIpc) is 2.88. The minimum Gasteiger partial charge on any atom is -0.344 e. The molecule has 0 aliphatic heterocycles. The van der Waals surface area contributed by atoms with Crippen LogP contribution in [0.2, 0.25) is 0 Å². The van der Waals surface area contributed by atoms with Gasteiger partial charge in [-0.1, -0.05) is 34.1 Å². The molecule has 0 saturated heterocycles. The molecular weight excluding hydrogens is 374 g/mol. The van der Waals surface area contributed by atoms with Crippen LogP contribution in [-0.4, -0.2) is 17.4 Å². The number of benzene rings is 1. The second kappa shape index (κ2) is 8.48. The van der Waals surface area contributed by atoms with Crippen molar-refractivity contribution in [3.05, 3.63) is 50.4 Å². The summed E-state index contributed by atoms with van der Waals surface area (Å²) in [6.07, 6.45) is 0.706. The fourth-order valence-corrected chi connectivity index (χ4v) is 3.25. The van der Waals surface area contributed by atoms with Gasteiger partial charge in [-0.2, -0.15) is 0 Å². The number of hydrogen-bond acceptors (Lipinski definition) is 4. The molecule has 0 radical (unpaired) electrons. The topological polar surface area (TPSA) is 68.0 Å². The van der Waals surface area contributed by atoms with Gasteiger partial charge in [0.1, 0.15) is 5.69 Å². The van der Waals surface area contributed by atoms with Gasteiger partial charge in [0.2, 0.25) is 0 Å². The number of carbonyl (C=O) groups is 1. The van der Waals surface area contributed by atoms with Gasteiger partial charge in [-0.3, -0.25) is 4.79 Å². The zero-order valence-electron chi connectivity index (χ0n) is 11.5. The molecule has 7 heteroatoms. The van der Waals surface area contributed by atoms with E-state index in [4.69, 9.17) is 5.73 Å². The predicted octanol–water partition coefficient (Wildman–Crippen LogP) is 3.32. The number of aromatic nitrogens is 1. The van der Waals surface area contributed by atoms with Gasteiger partial charge in [0.25, 0.3) is 5.91 Å². The number of nitrogens with two attached hydrogens (primary N) is 1. The summed E-state index contributed by atoms with van der Waals surface area (Å²) in [5.41, 5.74) is 6.98. The van der Waals surface area contributed by atoms with Crippen molar-refractivity contribution in [1.82, 2.24) is 10.3 Å². The number of amides is 1. The summed E-state index contributed by atoms with van der Waals surface area (Å²) in [4.78, 5) is 16.4. The molecule has 1 aromatic heterocycles. The van der Waals surface area contributed by atoms with E-state index in [-0.39, 0.29) is 24.4 Å². The molecule has 3 N–H and O–H groups in total. The normalized spacial score (nSPS) is 11.6. The third-order valence-electron chi connectivity index (χ3n) is 2.86. The first-order chi connectivity index (χ1) is 9.61. The van der Waals surface area contributed by atoms with Crippen molar-refractivity contribution >= 4 is 45.6 Å². The molecule has 4 nitrogen and oxygen atoms in total. The second-order valence-corrected chi connectivity index (χ2v) is 6.18. The average molecular weight is 391 g/mol. The van der Waals surface area contributed by atoms with Crippen LogP contribution in [0.3, 0.4) is 0 Å². The Kier molecular flexibility index (Phi) is 7.31. The van der Waals surface area contributed by atoms with E-state index in [1.165, 1.54) is 11.3 Å². The predicted molar refractivity (Wildman–Crippen MR) is 92.1 cm³/mol. The lowest BCUT2D eigenvalue weighted by Crippen LogP contribution is -2.27. The first-order valence-corrected chi connectivity index (χ1v) is 7.99. The third kappa shape index (κ3) is 4.78. The Hall–Kier alpha value is -0.950. The van der Waals surface area contributed by atoms with E-state index in [0.29, 0.717) is 18.7 Å². The number of rotatable bonds is 5. The number of nitrogens with zero attached hydrogens (tertiary/aromatic N) is 1. The van der Waals surface area contributed by atoms with Gasteiger partial charge in [0.05, 0.1) is 11.0 Å². The fraction of sp³-hybridized carbons (Fsp3) is 0.286. The molecule has 1 unspecified atom stereocenters. The number of thiazole rings is 1. The van der Waals surface area contributed by atoms with E-state index < -0.39 is 0 Å². The molecule has 1 amide bonds. The smallest absolute Gasteiger partial charge is 0.271 e. The maximum absolute atomic E-state index is 12.1. The molecule has 114 valence electrons. The summed E-state index contributed by atoms with van der Waals surface area (Å²) in [6, 6.07) is 7.75. The van der Waals surface area contributed by atoms with Crippen LogP contribution in [0.1, 0.15) is 34.0 Å². The number of nitrogens with one attached hydrogen (secondary N) is 1. The summed E-state index contributed by atoms with van der Waals surface area (Å²) < 4.78 is 0.981. The van der Waals surface area contributed by atoms with Crippen LogP contribution in [0.4, 0.5) is 0 Å². The zero-order chi connectivity index (χ0) is 14.5. The highest BCUT2D eigenvalue weighted by atomic mass is 79.9. The van der Waals surface area contributed by atoms with Crippen molar-refractivity contribution in [3.63, 3.8) is 0 Å². The summed E-state index contributed by atoms with van der Waals surface area (Å²) in [6.45, 7) is 2.49. The Morgan fingerprint density at radius 3 is 2.86 bits per heavy atom. The molecule has 0 saturated carbocycles. The SMILES string of the molecule is CC(NC(=O)c1csc(CCN)n1)c1ccccc1Br.Cl. The van der Waals surface area contributed by atoms with Crippen molar-refractivity contribution in [2.24, 2.45) is 5.73 Å². The Balaban J connectivity index is 0.00000220. The molecule has 0 fully saturated rings. The van der Waals surface area contributed by atoms with Crippen LogP contribution in [0.5, 0.6) is 0 Å². The Morgan fingerprint density at radius 2 is 2.19 bits per heavy atom. The van der Waals surface area contributed by atoms with E-state index >= 15 is 0 Å². The van der Waals surface area contributed by atoms with Gasteiger partial charge in [0.15, 0.2) is 0 Å².